The summed E-state index contributed by atoms with van der Waals surface area (Å²) in [5.41, 5.74) is -0.547. The molecule has 0 aliphatic heterocycles. The molecule has 1 N–H and O–H groups in total. The van der Waals surface area contributed by atoms with Crippen molar-refractivity contribution >= 4 is 5.78 Å². The maximum absolute atomic E-state index is 12.4. The number of aromatic amines is 1. The molecule has 1 aliphatic carbocycles. The fraction of sp³-hybridized carbons (Fsp3) is 0.444. The summed E-state index contributed by atoms with van der Waals surface area (Å²) in [6.45, 7) is 0. The first-order chi connectivity index (χ1) is 6.50. The van der Waals surface area contributed by atoms with Crippen molar-refractivity contribution in [2.75, 3.05) is 0 Å². The zero-order valence-electron chi connectivity index (χ0n) is 7.24. The Morgan fingerprint density at radius 3 is 2.64 bits per heavy atom. The summed E-state index contributed by atoms with van der Waals surface area (Å²) in [6, 6.07) is 0. The van der Waals surface area contributed by atoms with Crippen LogP contribution in [0.15, 0.2) is 6.20 Å². The second-order valence-electron chi connectivity index (χ2n) is 3.33. The van der Waals surface area contributed by atoms with Gasteiger partial charge in [-0.25, -0.2) is 0 Å². The number of fused-ring (bicyclic) bond motifs is 1. The average Bonchev–Trinajstić information content (AvgIpc) is 2.47. The second kappa shape index (κ2) is 2.87. The van der Waals surface area contributed by atoms with E-state index in [9.17, 15) is 18.0 Å². The number of ketones is 1. The van der Waals surface area contributed by atoms with E-state index in [1.165, 1.54) is 0 Å². The standard InChI is InChI=1S/C9H8F3NO/c10-9(11,12)5-4-13-6-2-1-3-7(14)8(5)6/h4,13H,1-3H2. The number of aromatic nitrogens is 1. The number of Topliss-reactive ketones (excluding diaryl/α,β-unsaturated/α-hetero) is 1. The fourth-order valence-electron chi connectivity index (χ4n) is 1.76. The first-order valence-electron chi connectivity index (χ1n) is 4.31. The Bertz CT molecular complexity index is 378. The third-order valence-corrected chi connectivity index (χ3v) is 2.38. The van der Waals surface area contributed by atoms with Gasteiger partial charge in [0.15, 0.2) is 5.78 Å². The molecule has 5 heteroatoms. The number of hydrogen-bond donors (Lipinski definition) is 1. The van der Waals surface area contributed by atoms with Gasteiger partial charge < -0.3 is 4.98 Å². The van der Waals surface area contributed by atoms with Crippen molar-refractivity contribution in [3.8, 4) is 0 Å². The summed E-state index contributed by atoms with van der Waals surface area (Å²) in [5.74, 6) is -0.403. The van der Waals surface area contributed by atoms with Crippen LogP contribution in [0.4, 0.5) is 13.2 Å². The molecule has 0 fully saturated rings. The normalized spacial score (nSPS) is 16.9. The second-order valence-corrected chi connectivity index (χ2v) is 3.33. The molecule has 0 bridgehead atoms. The first-order valence-corrected chi connectivity index (χ1v) is 4.31. The van der Waals surface area contributed by atoms with Crippen molar-refractivity contribution in [2.45, 2.75) is 25.4 Å². The topological polar surface area (TPSA) is 32.9 Å². The largest absolute Gasteiger partial charge is 0.418 e. The number of carbonyl (C=O) groups is 1. The Morgan fingerprint density at radius 2 is 2.00 bits per heavy atom. The number of nitrogens with one attached hydrogen (secondary N) is 1. The predicted molar refractivity (Wildman–Crippen MR) is 43.1 cm³/mol. The van der Waals surface area contributed by atoms with Gasteiger partial charge in [0, 0.05) is 18.3 Å². The van der Waals surface area contributed by atoms with Crippen LogP contribution in [0.1, 0.15) is 34.5 Å². The highest BCUT2D eigenvalue weighted by Gasteiger charge is 2.38. The van der Waals surface area contributed by atoms with Gasteiger partial charge in [-0.1, -0.05) is 0 Å². The van der Waals surface area contributed by atoms with E-state index in [4.69, 9.17) is 0 Å². The predicted octanol–water partition coefficient (Wildman–Crippen LogP) is 2.55. The highest BCUT2D eigenvalue weighted by molar-refractivity contribution is 5.99. The molecule has 1 aromatic rings. The summed E-state index contributed by atoms with van der Waals surface area (Å²) in [4.78, 5) is 13.8. The molecule has 76 valence electrons. The van der Waals surface area contributed by atoms with E-state index in [0.29, 0.717) is 18.5 Å². The molecule has 1 aliphatic rings. The smallest absolute Gasteiger partial charge is 0.364 e. The van der Waals surface area contributed by atoms with Crippen LogP contribution in [0.5, 0.6) is 0 Å². The summed E-state index contributed by atoms with van der Waals surface area (Å²) in [7, 11) is 0. The van der Waals surface area contributed by atoms with Gasteiger partial charge in [-0.2, -0.15) is 13.2 Å². The quantitative estimate of drug-likeness (QED) is 0.690. The molecule has 0 amide bonds. The van der Waals surface area contributed by atoms with E-state index >= 15 is 0 Å². The van der Waals surface area contributed by atoms with E-state index in [2.05, 4.69) is 4.98 Å². The lowest BCUT2D eigenvalue weighted by Crippen LogP contribution is -2.15. The zero-order chi connectivity index (χ0) is 10.3. The van der Waals surface area contributed by atoms with Crippen molar-refractivity contribution in [3.63, 3.8) is 0 Å². The minimum atomic E-state index is -4.43. The van der Waals surface area contributed by atoms with Crippen LogP contribution < -0.4 is 0 Å². The molecule has 1 aromatic heterocycles. The highest BCUT2D eigenvalue weighted by Crippen LogP contribution is 2.36. The van der Waals surface area contributed by atoms with E-state index in [1.54, 1.807) is 0 Å². The Morgan fingerprint density at radius 1 is 1.29 bits per heavy atom. The molecule has 0 atom stereocenters. The number of halogens is 3. The lowest BCUT2D eigenvalue weighted by atomic mass is 9.94. The Hall–Kier alpha value is -1.26. The molecule has 0 radical (unpaired) electrons. The van der Waals surface area contributed by atoms with Gasteiger partial charge in [0.25, 0.3) is 0 Å². The SMILES string of the molecule is O=C1CCCc2[nH]cc(C(F)(F)F)c21. The Labute approximate surface area is 78.1 Å². The third kappa shape index (κ3) is 1.32. The summed E-state index contributed by atoms with van der Waals surface area (Å²) < 4.78 is 37.2. The first kappa shape index (κ1) is 9.30. The minimum absolute atomic E-state index is 0.149. The van der Waals surface area contributed by atoms with Gasteiger partial charge in [-0.15, -0.1) is 0 Å². The van der Waals surface area contributed by atoms with E-state index in [1.807, 2.05) is 0 Å². The maximum Gasteiger partial charge on any atom is 0.418 e. The van der Waals surface area contributed by atoms with Gasteiger partial charge >= 0.3 is 6.18 Å². The van der Waals surface area contributed by atoms with Crippen LogP contribution in [0.25, 0.3) is 0 Å². The Balaban J connectivity index is 2.54. The van der Waals surface area contributed by atoms with Crippen molar-refractivity contribution in [1.29, 1.82) is 0 Å². The van der Waals surface area contributed by atoms with Gasteiger partial charge in [0.1, 0.15) is 0 Å². The number of aryl methyl sites for hydroxylation is 1. The number of hydrogen-bond acceptors (Lipinski definition) is 1. The molecule has 0 unspecified atom stereocenters. The molecule has 14 heavy (non-hydrogen) atoms. The lowest BCUT2D eigenvalue weighted by Gasteiger charge is -2.12. The minimum Gasteiger partial charge on any atom is -0.364 e. The van der Waals surface area contributed by atoms with Gasteiger partial charge in [-0.3, -0.25) is 4.79 Å². The highest BCUT2D eigenvalue weighted by atomic mass is 19.4. The molecular weight excluding hydrogens is 195 g/mol. The number of rotatable bonds is 0. The van der Waals surface area contributed by atoms with Crippen LogP contribution >= 0.6 is 0 Å². The zero-order valence-corrected chi connectivity index (χ0v) is 7.24. The van der Waals surface area contributed by atoms with Crippen LogP contribution in [-0.4, -0.2) is 10.8 Å². The lowest BCUT2D eigenvalue weighted by molar-refractivity contribution is -0.137. The monoisotopic (exact) mass is 203 g/mol. The molecule has 0 aromatic carbocycles. The number of alkyl halides is 3. The molecule has 0 saturated carbocycles. The van der Waals surface area contributed by atoms with Crippen molar-refractivity contribution in [1.82, 2.24) is 4.98 Å². The van der Waals surface area contributed by atoms with Gasteiger partial charge in [0.2, 0.25) is 0 Å². The molecular formula is C9H8F3NO. The third-order valence-electron chi connectivity index (χ3n) is 2.38. The maximum atomic E-state index is 12.4. The molecule has 2 nitrogen and oxygen atoms in total. The van der Waals surface area contributed by atoms with E-state index in [-0.39, 0.29) is 12.0 Å². The molecule has 0 saturated heterocycles. The summed E-state index contributed by atoms with van der Waals surface area (Å²) in [6.07, 6.45) is -2.18. The van der Waals surface area contributed by atoms with Crippen molar-refractivity contribution < 1.29 is 18.0 Å². The van der Waals surface area contributed by atoms with Crippen molar-refractivity contribution in [2.24, 2.45) is 0 Å². The van der Waals surface area contributed by atoms with Gasteiger partial charge in [-0.05, 0) is 12.8 Å². The fourth-order valence-corrected chi connectivity index (χ4v) is 1.76. The molecule has 1 heterocycles. The van der Waals surface area contributed by atoms with Gasteiger partial charge in [0.05, 0.1) is 11.1 Å². The summed E-state index contributed by atoms with van der Waals surface area (Å²) >= 11 is 0. The van der Waals surface area contributed by atoms with Crippen molar-refractivity contribution in [3.05, 3.63) is 23.0 Å². The average molecular weight is 203 g/mol. The van der Waals surface area contributed by atoms with Crippen LogP contribution in [0.2, 0.25) is 0 Å². The van der Waals surface area contributed by atoms with Crippen LogP contribution in [-0.2, 0) is 12.6 Å². The number of carbonyl (C=O) groups excluding carboxylic acids is 1. The summed E-state index contributed by atoms with van der Waals surface area (Å²) in [5, 5.41) is 0. The van der Waals surface area contributed by atoms with E-state index in [0.717, 1.165) is 6.20 Å². The van der Waals surface area contributed by atoms with Crippen LogP contribution in [0.3, 0.4) is 0 Å². The molecule has 0 spiro atoms. The van der Waals surface area contributed by atoms with Crippen LogP contribution in [0, 0.1) is 0 Å². The molecule has 2 rings (SSSR count). The van der Waals surface area contributed by atoms with E-state index < -0.39 is 17.5 Å². The number of H-pyrrole nitrogens is 1. The Kier molecular flexibility index (Phi) is 1.90.